The highest BCUT2D eigenvalue weighted by molar-refractivity contribution is 5.93. The van der Waals surface area contributed by atoms with Crippen molar-refractivity contribution in [2.45, 2.75) is 132 Å². The fourth-order valence-corrected chi connectivity index (χ4v) is 5.97. The average molecular weight is 657 g/mol. The summed E-state index contributed by atoms with van der Waals surface area (Å²) in [6.07, 6.45) is 9.67. The molecular formula is C37H57FN4O5. The molecule has 1 aromatic carbocycles. The number of hydrogen-bond donors (Lipinski definition) is 3. The summed E-state index contributed by atoms with van der Waals surface area (Å²) in [6, 6.07) is 2.98. The van der Waals surface area contributed by atoms with E-state index in [0.717, 1.165) is 36.3 Å². The van der Waals surface area contributed by atoms with Crippen LogP contribution in [0, 0.1) is 25.6 Å². The number of carboxylic acids is 1. The topological polar surface area (TPSA) is 126 Å². The number of hydrogen-bond acceptors (Lipinski definition) is 6. The van der Waals surface area contributed by atoms with E-state index in [-0.39, 0.29) is 23.8 Å². The Morgan fingerprint density at radius 1 is 1.06 bits per heavy atom. The maximum absolute atomic E-state index is 15.2. The van der Waals surface area contributed by atoms with E-state index in [2.05, 4.69) is 15.4 Å². The number of halogens is 1. The minimum Gasteiger partial charge on any atom is -0.490 e. The Bertz CT molecular complexity index is 1470. The maximum Gasteiger partial charge on any atom is 0.307 e. The van der Waals surface area contributed by atoms with Crippen molar-refractivity contribution in [3.63, 3.8) is 0 Å². The third-order valence-corrected chi connectivity index (χ3v) is 7.96. The monoisotopic (exact) mass is 656 g/mol. The predicted octanol–water partition coefficient (Wildman–Crippen LogP) is 8.02. The molecule has 3 heterocycles. The minimum absolute atomic E-state index is 0.197. The number of rotatable bonds is 8. The van der Waals surface area contributed by atoms with Gasteiger partial charge in [-0.15, -0.1) is 0 Å². The third-order valence-electron chi connectivity index (χ3n) is 7.96. The molecule has 2 aromatic heterocycles. The van der Waals surface area contributed by atoms with Gasteiger partial charge in [0.15, 0.2) is 22.9 Å². The van der Waals surface area contributed by atoms with Crippen molar-refractivity contribution < 1.29 is 28.9 Å². The number of fused-ring (bicyclic) bond motifs is 2. The second-order valence-corrected chi connectivity index (χ2v) is 12.8. The summed E-state index contributed by atoms with van der Waals surface area (Å²) in [7, 11) is 0. The van der Waals surface area contributed by atoms with Crippen molar-refractivity contribution in [3.05, 3.63) is 46.0 Å². The van der Waals surface area contributed by atoms with E-state index in [1.165, 1.54) is 42.7 Å². The lowest BCUT2D eigenvalue weighted by atomic mass is 9.86. The molecule has 1 amide bonds. The summed E-state index contributed by atoms with van der Waals surface area (Å²) in [4.78, 5) is 29.3. The van der Waals surface area contributed by atoms with Crippen molar-refractivity contribution >= 4 is 17.5 Å². The predicted molar refractivity (Wildman–Crippen MR) is 186 cm³/mol. The molecule has 0 bridgehead atoms. The van der Waals surface area contributed by atoms with E-state index < -0.39 is 17.4 Å². The van der Waals surface area contributed by atoms with Crippen LogP contribution in [0.2, 0.25) is 0 Å². The van der Waals surface area contributed by atoms with Crippen LogP contribution in [0.1, 0.15) is 133 Å². The summed E-state index contributed by atoms with van der Waals surface area (Å²) < 4.78 is 22.3. The van der Waals surface area contributed by atoms with Crippen LogP contribution in [0.3, 0.4) is 0 Å². The summed E-state index contributed by atoms with van der Waals surface area (Å²) >= 11 is 0. The number of aliphatic carboxylic acids is 1. The molecule has 0 unspecified atom stereocenters. The Morgan fingerprint density at radius 3 is 2.32 bits per heavy atom. The van der Waals surface area contributed by atoms with Crippen LogP contribution in [0.25, 0.3) is 16.9 Å². The van der Waals surface area contributed by atoms with Crippen LogP contribution in [-0.4, -0.2) is 55.4 Å². The molecule has 1 fully saturated rings. The molecule has 0 spiro atoms. The van der Waals surface area contributed by atoms with Crippen molar-refractivity contribution in [2.24, 2.45) is 5.92 Å². The first-order chi connectivity index (χ1) is 22.3. The molecule has 0 atom stereocenters. The SMILES string of the molecule is CC.CC.CC(C)(C)O.Cc1nc2cc(C(=O)NCCCC3CCCCC3)nn2c(-c2cc(F)c3c(c2C)CCCO3)c1CC(=O)O. The van der Waals surface area contributed by atoms with Crippen LogP contribution in [0.15, 0.2) is 12.1 Å². The molecular weight excluding hydrogens is 599 g/mol. The van der Waals surface area contributed by atoms with Gasteiger partial charge in [-0.2, -0.15) is 5.10 Å². The molecule has 262 valence electrons. The highest BCUT2D eigenvalue weighted by atomic mass is 19.1. The zero-order chi connectivity index (χ0) is 35.3. The number of nitrogens with zero attached hydrogens (tertiary/aromatic N) is 3. The fourth-order valence-electron chi connectivity index (χ4n) is 5.97. The van der Waals surface area contributed by atoms with Crippen LogP contribution < -0.4 is 10.1 Å². The highest BCUT2D eigenvalue weighted by Crippen LogP contribution is 2.39. The van der Waals surface area contributed by atoms with E-state index in [0.29, 0.717) is 47.7 Å². The highest BCUT2D eigenvalue weighted by Gasteiger charge is 2.26. The molecule has 10 heteroatoms. The summed E-state index contributed by atoms with van der Waals surface area (Å²) in [6.45, 7) is 17.9. The molecule has 3 aromatic rings. The molecule has 47 heavy (non-hydrogen) atoms. The van der Waals surface area contributed by atoms with Gasteiger partial charge in [-0.3, -0.25) is 9.59 Å². The summed E-state index contributed by atoms with van der Waals surface area (Å²) in [5.41, 5.74) is 3.60. The van der Waals surface area contributed by atoms with Crippen LogP contribution in [0.4, 0.5) is 4.39 Å². The lowest BCUT2D eigenvalue weighted by Gasteiger charge is -2.23. The lowest BCUT2D eigenvalue weighted by Crippen LogP contribution is -2.25. The third kappa shape index (κ3) is 11.3. The Labute approximate surface area is 280 Å². The fraction of sp³-hybridized carbons (Fsp3) is 0.622. The van der Waals surface area contributed by atoms with E-state index in [1.54, 1.807) is 33.8 Å². The van der Waals surface area contributed by atoms with Crippen molar-refractivity contribution in [1.82, 2.24) is 19.9 Å². The van der Waals surface area contributed by atoms with Gasteiger partial charge >= 0.3 is 5.97 Å². The van der Waals surface area contributed by atoms with Gasteiger partial charge in [-0.05, 0) is 77.8 Å². The van der Waals surface area contributed by atoms with Gasteiger partial charge < -0.3 is 20.3 Å². The van der Waals surface area contributed by atoms with E-state index in [9.17, 15) is 14.7 Å². The number of aromatic nitrogens is 3. The number of carbonyl (C=O) groups is 2. The Morgan fingerprint density at radius 2 is 1.70 bits per heavy atom. The maximum atomic E-state index is 15.2. The average Bonchev–Trinajstić information content (AvgIpc) is 3.47. The molecule has 0 radical (unpaired) electrons. The van der Waals surface area contributed by atoms with Gasteiger partial charge in [0.1, 0.15) is 0 Å². The van der Waals surface area contributed by atoms with Crippen molar-refractivity contribution in [2.75, 3.05) is 13.2 Å². The normalized spacial score (nSPS) is 14.3. The summed E-state index contributed by atoms with van der Waals surface area (Å²) in [5.74, 6) is -0.813. The number of carbonyl (C=O) groups excluding carboxylic acids is 1. The Kier molecular flexibility index (Phi) is 15.8. The molecule has 3 N–H and O–H groups in total. The second kappa shape index (κ2) is 18.7. The Hall–Kier alpha value is -3.53. The molecule has 5 rings (SSSR count). The zero-order valence-corrected chi connectivity index (χ0v) is 30.1. The van der Waals surface area contributed by atoms with Gasteiger partial charge in [-0.1, -0.05) is 59.8 Å². The Balaban J connectivity index is 0.000000769. The van der Waals surface area contributed by atoms with Gasteiger partial charge in [0.05, 0.1) is 24.3 Å². The smallest absolute Gasteiger partial charge is 0.307 e. The summed E-state index contributed by atoms with van der Waals surface area (Å²) in [5, 5.41) is 25.7. The number of ether oxygens (including phenoxy) is 1. The standard InChI is InChI=1S/C29H35FN4O4.C4H10O.2C2H6/c1-17-20-11-7-13-38-28(20)23(30)14-21(17)27-22(15-26(35)36)18(2)32-25-16-24(33-34(25)27)29(37)31-12-6-10-19-8-4-3-5-9-19;1-4(2,3)5;2*1-2/h14,16,19H,3-13,15H2,1-2H3,(H,31,37)(H,35,36);5H,1-3H3;2*1-2H3. The molecule has 1 saturated carbocycles. The number of aryl methyl sites for hydroxylation is 1. The molecule has 1 aliphatic carbocycles. The van der Waals surface area contributed by atoms with Gasteiger partial charge in [-0.25, -0.2) is 13.9 Å². The van der Waals surface area contributed by atoms with Crippen LogP contribution >= 0.6 is 0 Å². The molecule has 1 aliphatic heterocycles. The van der Waals surface area contributed by atoms with E-state index in [4.69, 9.17) is 9.84 Å². The lowest BCUT2D eigenvalue weighted by molar-refractivity contribution is -0.136. The minimum atomic E-state index is -1.03. The van der Waals surface area contributed by atoms with Crippen molar-refractivity contribution in [1.29, 1.82) is 0 Å². The number of carboxylic acid groups (broad SMARTS) is 1. The van der Waals surface area contributed by atoms with Crippen LogP contribution in [0.5, 0.6) is 5.75 Å². The van der Waals surface area contributed by atoms with Crippen LogP contribution in [-0.2, 0) is 17.6 Å². The van der Waals surface area contributed by atoms with Gasteiger partial charge in [0, 0.05) is 35.0 Å². The number of amides is 1. The number of aliphatic hydroxyl groups is 1. The van der Waals surface area contributed by atoms with Crippen molar-refractivity contribution in [3.8, 4) is 17.0 Å². The molecule has 2 aliphatic rings. The van der Waals surface area contributed by atoms with Gasteiger partial charge in [0.2, 0.25) is 0 Å². The van der Waals surface area contributed by atoms with E-state index in [1.807, 2.05) is 34.6 Å². The second-order valence-electron chi connectivity index (χ2n) is 12.8. The first kappa shape index (κ1) is 39.6. The first-order valence-corrected chi connectivity index (χ1v) is 17.4. The largest absolute Gasteiger partial charge is 0.490 e. The quantitative estimate of drug-likeness (QED) is 0.210. The molecule has 9 nitrogen and oxygen atoms in total. The zero-order valence-electron chi connectivity index (χ0n) is 30.1. The number of benzene rings is 1. The molecule has 0 saturated heterocycles. The van der Waals surface area contributed by atoms with E-state index >= 15 is 4.39 Å². The number of nitrogens with one attached hydrogen (secondary N) is 1. The van der Waals surface area contributed by atoms with Gasteiger partial charge in [0.25, 0.3) is 5.91 Å². The first-order valence-electron chi connectivity index (χ1n) is 17.4.